The van der Waals surface area contributed by atoms with Gasteiger partial charge in [0.05, 0.1) is 0 Å². The number of aryl methyl sites for hydroxylation is 3. The molecule has 2 aromatic rings. The Morgan fingerprint density at radius 3 is 2.50 bits per heavy atom. The molecule has 0 saturated heterocycles. The molecule has 0 aromatic carbocycles. The summed E-state index contributed by atoms with van der Waals surface area (Å²) in [6.07, 6.45) is 1.85. The van der Waals surface area contributed by atoms with E-state index in [2.05, 4.69) is 47.8 Å². The molecule has 0 N–H and O–H groups in total. The van der Waals surface area contributed by atoms with E-state index in [1.54, 1.807) is 0 Å². The molecule has 0 aliphatic heterocycles. The van der Waals surface area contributed by atoms with Crippen molar-refractivity contribution in [3.63, 3.8) is 0 Å². The topological polar surface area (TPSA) is 52.8 Å². The Kier molecular flexibility index (Phi) is 5.13. The fourth-order valence-electron chi connectivity index (χ4n) is 2.05. The minimum atomic E-state index is -1.06. The number of aromatic nitrogens is 4. The molecule has 5 nitrogen and oxygen atoms in total. The molecule has 0 fully saturated rings. The van der Waals surface area contributed by atoms with Gasteiger partial charge in [0, 0.05) is 32.1 Å². The van der Waals surface area contributed by atoms with E-state index in [0.717, 1.165) is 41.1 Å². The van der Waals surface area contributed by atoms with Crippen LogP contribution in [0.1, 0.15) is 17.1 Å². The molecule has 0 aliphatic rings. The number of hydrogen-bond donors (Lipinski definition) is 0. The highest BCUT2D eigenvalue weighted by Crippen LogP contribution is 2.20. The van der Waals surface area contributed by atoms with Crippen molar-refractivity contribution in [2.45, 2.75) is 53.2 Å². The third-order valence-corrected chi connectivity index (χ3v) is 5.45. The van der Waals surface area contributed by atoms with Crippen molar-refractivity contribution in [1.82, 2.24) is 19.7 Å². The van der Waals surface area contributed by atoms with E-state index in [0.29, 0.717) is 6.73 Å². The second-order valence-electron chi connectivity index (χ2n) is 6.97. The molecule has 0 amide bonds. The Balaban J connectivity index is 2.12. The quantitative estimate of drug-likeness (QED) is 0.603. The van der Waals surface area contributed by atoms with Gasteiger partial charge in [0.1, 0.15) is 12.6 Å². The molecular formula is C16H26N4OSi. The van der Waals surface area contributed by atoms with E-state index in [9.17, 15) is 0 Å². The van der Waals surface area contributed by atoms with Gasteiger partial charge >= 0.3 is 0 Å². The predicted octanol–water partition coefficient (Wildman–Crippen LogP) is 3.58. The van der Waals surface area contributed by atoms with Crippen LogP contribution in [0.3, 0.4) is 0 Å². The number of pyridine rings is 1. The van der Waals surface area contributed by atoms with Crippen LogP contribution >= 0.6 is 0 Å². The first-order valence-corrected chi connectivity index (χ1v) is 11.4. The number of ether oxygens (including phenoxy) is 1. The highest BCUT2D eigenvalue weighted by atomic mass is 28.3. The Morgan fingerprint density at radius 1 is 1.14 bits per heavy atom. The van der Waals surface area contributed by atoms with E-state index in [1.807, 2.05) is 24.6 Å². The summed E-state index contributed by atoms with van der Waals surface area (Å²) >= 11 is 0. The maximum Gasteiger partial charge on any atom is 0.167 e. The molecule has 0 radical (unpaired) electrons. The first-order chi connectivity index (χ1) is 10.3. The zero-order chi connectivity index (χ0) is 16.3. The number of nitrogens with zero attached hydrogens (tertiary/aromatic N) is 4. The minimum absolute atomic E-state index is 0.492. The second-order valence-corrected chi connectivity index (χ2v) is 12.6. The summed E-state index contributed by atoms with van der Waals surface area (Å²) < 4.78 is 7.86. The lowest BCUT2D eigenvalue weighted by molar-refractivity contribution is 0.0867. The molecule has 0 spiro atoms. The van der Waals surface area contributed by atoms with Gasteiger partial charge in [0.2, 0.25) is 0 Å². The molecule has 2 aromatic heterocycles. The third kappa shape index (κ3) is 4.24. The smallest absolute Gasteiger partial charge is 0.167 e. The molecular weight excluding hydrogens is 292 g/mol. The van der Waals surface area contributed by atoms with Gasteiger partial charge in [-0.25, -0.2) is 0 Å². The molecule has 0 bridgehead atoms. The van der Waals surface area contributed by atoms with Gasteiger partial charge in [-0.15, -0.1) is 10.2 Å². The Labute approximate surface area is 133 Å². The molecule has 6 heteroatoms. The molecule has 120 valence electrons. The van der Waals surface area contributed by atoms with Crippen LogP contribution in [-0.2, 0) is 11.5 Å². The first-order valence-electron chi connectivity index (χ1n) is 7.69. The average Bonchev–Trinajstić information content (AvgIpc) is 2.78. The average molecular weight is 318 g/mol. The van der Waals surface area contributed by atoms with Crippen molar-refractivity contribution in [3.05, 3.63) is 29.3 Å². The fraction of sp³-hybridized carbons (Fsp3) is 0.562. The molecule has 2 rings (SSSR count). The lowest BCUT2D eigenvalue weighted by atomic mass is 10.1. The van der Waals surface area contributed by atoms with E-state index in [1.165, 1.54) is 0 Å². The normalized spacial score (nSPS) is 11.9. The molecule has 2 heterocycles. The summed E-state index contributed by atoms with van der Waals surface area (Å²) in [7, 11) is -1.06. The van der Waals surface area contributed by atoms with Crippen LogP contribution in [0.5, 0.6) is 0 Å². The monoisotopic (exact) mass is 318 g/mol. The van der Waals surface area contributed by atoms with Crippen molar-refractivity contribution in [2.24, 2.45) is 0 Å². The van der Waals surface area contributed by atoms with Gasteiger partial charge in [0.15, 0.2) is 5.82 Å². The maximum absolute atomic E-state index is 5.85. The van der Waals surface area contributed by atoms with Gasteiger partial charge < -0.3 is 4.74 Å². The summed E-state index contributed by atoms with van der Waals surface area (Å²) in [6.45, 7) is 14.4. The molecule has 0 unspecified atom stereocenters. The van der Waals surface area contributed by atoms with Crippen LogP contribution in [0.15, 0.2) is 12.3 Å². The predicted molar refractivity (Wildman–Crippen MR) is 91.6 cm³/mol. The molecule has 0 atom stereocenters. The van der Waals surface area contributed by atoms with Gasteiger partial charge in [0.25, 0.3) is 0 Å². The number of hydrogen-bond acceptors (Lipinski definition) is 4. The summed E-state index contributed by atoms with van der Waals surface area (Å²) in [4.78, 5) is 4.42. The van der Waals surface area contributed by atoms with E-state index in [4.69, 9.17) is 4.74 Å². The zero-order valence-electron chi connectivity index (χ0n) is 14.5. The fourth-order valence-corrected chi connectivity index (χ4v) is 2.81. The van der Waals surface area contributed by atoms with Crippen molar-refractivity contribution < 1.29 is 4.74 Å². The van der Waals surface area contributed by atoms with Crippen molar-refractivity contribution in [1.29, 1.82) is 0 Å². The van der Waals surface area contributed by atoms with Crippen LogP contribution in [0.2, 0.25) is 25.7 Å². The summed E-state index contributed by atoms with van der Waals surface area (Å²) in [5, 5.41) is 8.47. The Hall–Kier alpha value is -1.53. The van der Waals surface area contributed by atoms with Crippen LogP contribution in [0.25, 0.3) is 11.4 Å². The highest BCUT2D eigenvalue weighted by Gasteiger charge is 2.14. The minimum Gasteiger partial charge on any atom is -0.361 e. The first kappa shape index (κ1) is 16.8. The highest BCUT2D eigenvalue weighted by molar-refractivity contribution is 6.76. The molecule has 22 heavy (non-hydrogen) atoms. The van der Waals surface area contributed by atoms with Crippen LogP contribution in [0.4, 0.5) is 0 Å². The van der Waals surface area contributed by atoms with Crippen LogP contribution < -0.4 is 0 Å². The van der Waals surface area contributed by atoms with Gasteiger partial charge in [-0.2, -0.15) is 0 Å². The van der Waals surface area contributed by atoms with E-state index in [-0.39, 0.29) is 0 Å². The maximum atomic E-state index is 5.85. The SMILES string of the molecule is Cc1cc(-c2nnc(C)n2COCC[Si](C)(C)C)cnc1C. The van der Waals surface area contributed by atoms with Crippen LogP contribution in [-0.4, -0.2) is 34.4 Å². The standard InChI is InChI=1S/C16H26N4OSi/c1-12-9-15(10-17-13(12)2)16-19-18-14(3)20(16)11-21-7-8-22(4,5)6/h9-10H,7-8,11H2,1-6H3. The summed E-state index contributed by atoms with van der Waals surface area (Å²) in [5.74, 6) is 1.68. The Bertz CT molecular complexity index is 646. The van der Waals surface area contributed by atoms with Crippen molar-refractivity contribution in [3.8, 4) is 11.4 Å². The van der Waals surface area contributed by atoms with E-state index >= 15 is 0 Å². The largest absolute Gasteiger partial charge is 0.361 e. The molecule has 0 aliphatic carbocycles. The van der Waals surface area contributed by atoms with Crippen LogP contribution in [0, 0.1) is 20.8 Å². The molecule has 0 saturated carbocycles. The van der Waals surface area contributed by atoms with Gasteiger partial charge in [-0.3, -0.25) is 9.55 Å². The van der Waals surface area contributed by atoms with Crippen molar-refractivity contribution in [2.75, 3.05) is 6.61 Å². The van der Waals surface area contributed by atoms with Gasteiger partial charge in [-0.05, 0) is 38.4 Å². The zero-order valence-corrected chi connectivity index (χ0v) is 15.5. The van der Waals surface area contributed by atoms with Gasteiger partial charge in [-0.1, -0.05) is 19.6 Å². The third-order valence-electron chi connectivity index (χ3n) is 3.75. The summed E-state index contributed by atoms with van der Waals surface area (Å²) in [6, 6.07) is 3.26. The lowest BCUT2D eigenvalue weighted by Crippen LogP contribution is -2.22. The van der Waals surface area contributed by atoms with E-state index < -0.39 is 8.07 Å². The second kappa shape index (κ2) is 6.70. The summed E-state index contributed by atoms with van der Waals surface area (Å²) in [5.41, 5.74) is 3.18. The van der Waals surface area contributed by atoms with Crippen molar-refractivity contribution >= 4 is 8.07 Å². The number of rotatable bonds is 6. The lowest BCUT2D eigenvalue weighted by Gasteiger charge is -2.16. The Morgan fingerprint density at radius 2 is 1.86 bits per heavy atom.